The van der Waals surface area contributed by atoms with Crippen molar-refractivity contribution in [1.82, 2.24) is 14.8 Å². The van der Waals surface area contributed by atoms with E-state index in [1.165, 1.54) is 0 Å². The molecule has 0 atom stereocenters. The van der Waals surface area contributed by atoms with Crippen LogP contribution in [-0.2, 0) is 0 Å². The number of ether oxygens (including phenoxy) is 1. The molecule has 0 bridgehead atoms. The Labute approximate surface area is 119 Å². The Morgan fingerprint density at radius 3 is 2.72 bits per heavy atom. The first kappa shape index (κ1) is 13.3. The van der Waals surface area contributed by atoms with Crippen LogP contribution in [0.25, 0.3) is 5.69 Å². The number of benzene rings is 1. The molecule has 0 spiro atoms. The number of nitrogens with zero attached hydrogens (tertiary/aromatic N) is 2. The maximum Gasteiger partial charge on any atom is 0.199 e. The van der Waals surface area contributed by atoms with E-state index in [2.05, 4.69) is 40.0 Å². The fourth-order valence-electron chi connectivity index (χ4n) is 1.74. The van der Waals surface area contributed by atoms with Crippen molar-refractivity contribution in [2.24, 2.45) is 0 Å². The van der Waals surface area contributed by atoms with Gasteiger partial charge in [0.15, 0.2) is 4.77 Å². The SMILES string of the molecule is COc1cc(Br)cc(-n2c(C(C)C)n[nH]c2=S)c1. The van der Waals surface area contributed by atoms with Crippen molar-refractivity contribution >= 4 is 28.1 Å². The molecular weight excluding hydrogens is 314 g/mol. The number of aromatic amines is 1. The van der Waals surface area contributed by atoms with E-state index in [9.17, 15) is 0 Å². The Bertz CT molecular complexity index is 618. The number of halogens is 1. The van der Waals surface area contributed by atoms with Gasteiger partial charge in [0.2, 0.25) is 0 Å². The van der Waals surface area contributed by atoms with Crippen molar-refractivity contribution in [1.29, 1.82) is 0 Å². The third kappa shape index (κ3) is 2.49. The van der Waals surface area contributed by atoms with Crippen molar-refractivity contribution in [3.8, 4) is 11.4 Å². The average Bonchev–Trinajstić information content (AvgIpc) is 2.70. The Morgan fingerprint density at radius 1 is 1.39 bits per heavy atom. The van der Waals surface area contributed by atoms with Gasteiger partial charge in [-0.25, -0.2) is 0 Å². The number of methoxy groups -OCH3 is 1. The molecule has 1 aromatic heterocycles. The molecule has 0 radical (unpaired) electrons. The van der Waals surface area contributed by atoms with Gasteiger partial charge in [-0.15, -0.1) is 0 Å². The van der Waals surface area contributed by atoms with Gasteiger partial charge in [0.25, 0.3) is 0 Å². The number of H-pyrrole nitrogens is 1. The summed E-state index contributed by atoms with van der Waals surface area (Å²) in [6.07, 6.45) is 0. The molecule has 96 valence electrons. The van der Waals surface area contributed by atoms with Crippen LogP contribution in [0.4, 0.5) is 0 Å². The molecule has 1 aromatic carbocycles. The molecule has 0 saturated heterocycles. The zero-order valence-corrected chi connectivity index (χ0v) is 12.8. The third-order valence-corrected chi connectivity index (χ3v) is 3.30. The van der Waals surface area contributed by atoms with Crippen molar-refractivity contribution in [2.75, 3.05) is 7.11 Å². The Hall–Kier alpha value is -1.14. The summed E-state index contributed by atoms with van der Waals surface area (Å²) in [5.41, 5.74) is 0.934. The van der Waals surface area contributed by atoms with Crippen LogP contribution in [0.5, 0.6) is 5.75 Å². The summed E-state index contributed by atoms with van der Waals surface area (Å²) >= 11 is 8.75. The van der Waals surface area contributed by atoms with E-state index in [0.717, 1.165) is 21.7 Å². The number of hydrogen-bond acceptors (Lipinski definition) is 3. The quantitative estimate of drug-likeness (QED) is 0.871. The minimum Gasteiger partial charge on any atom is -0.497 e. The first-order valence-electron chi connectivity index (χ1n) is 5.55. The fraction of sp³-hybridized carbons (Fsp3) is 0.333. The van der Waals surface area contributed by atoms with E-state index < -0.39 is 0 Å². The van der Waals surface area contributed by atoms with Gasteiger partial charge in [-0.3, -0.25) is 9.67 Å². The Kier molecular flexibility index (Phi) is 3.87. The van der Waals surface area contributed by atoms with Crippen LogP contribution in [0, 0.1) is 4.77 Å². The maximum atomic E-state index is 5.29. The molecule has 0 fully saturated rings. The van der Waals surface area contributed by atoms with E-state index in [1.54, 1.807) is 7.11 Å². The van der Waals surface area contributed by atoms with Gasteiger partial charge < -0.3 is 4.74 Å². The number of nitrogens with one attached hydrogen (secondary N) is 1. The normalized spacial score (nSPS) is 10.9. The predicted molar refractivity (Wildman–Crippen MR) is 77.1 cm³/mol. The summed E-state index contributed by atoms with van der Waals surface area (Å²) in [4.78, 5) is 0. The average molecular weight is 328 g/mol. The van der Waals surface area contributed by atoms with Crippen molar-refractivity contribution in [3.05, 3.63) is 33.3 Å². The van der Waals surface area contributed by atoms with Gasteiger partial charge in [-0.2, -0.15) is 5.10 Å². The molecule has 0 unspecified atom stereocenters. The van der Waals surface area contributed by atoms with Crippen molar-refractivity contribution in [3.63, 3.8) is 0 Å². The summed E-state index contributed by atoms with van der Waals surface area (Å²) in [5, 5.41) is 7.10. The highest BCUT2D eigenvalue weighted by Gasteiger charge is 2.12. The van der Waals surface area contributed by atoms with Crippen molar-refractivity contribution in [2.45, 2.75) is 19.8 Å². The molecule has 18 heavy (non-hydrogen) atoms. The standard InChI is InChI=1S/C12H14BrN3OS/c1-7(2)11-14-15-12(18)16(11)9-4-8(13)5-10(6-9)17-3/h4-7H,1-3H3,(H,15,18). The lowest BCUT2D eigenvalue weighted by atomic mass is 10.2. The van der Waals surface area contributed by atoms with Gasteiger partial charge in [-0.1, -0.05) is 29.8 Å². The van der Waals surface area contributed by atoms with Crippen LogP contribution in [0.3, 0.4) is 0 Å². The smallest absolute Gasteiger partial charge is 0.199 e. The highest BCUT2D eigenvalue weighted by atomic mass is 79.9. The second kappa shape index (κ2) is 5.24. The summed E-state index contributed by atoms with van der Waals surface area (Å²) < 4.78 is 8.71. The molecule has 0 aliphatic heterocycles. The minimum atomic E-state index is 0.280. The second-order valence-electron chi connectivity index (χ2n) is 4.23. The minimum absolute atomic E-state index is 0.280. The lowest BCUT2D eigenvalue weighted by molar-refractivity contribution is 0.414. The molecule has 0 saturated carbocycles. The van der Waals surface area contributed by atoms with Crippen LogP contribution in [-0.4, -0.2) is 21.9 Å². The van der Waals surface area contributed by atoms with Crippen LogP contribution >= 0.6 is 28.1 Å². The van der Waals surface area contributed by atoms with E-state index >= 15 is 0 Å². The topological polar surface area (TPSA) is 42.8 Å². The first-order chi connectivity index (χ1) is 8.52. The van der Waals surface area contributed by atoms with Gasteiger partial charge in [0, 0.05) is 16.5 Å². The molecular formula is C12H14BrN3OS. The molecule has 4 nitrogen and oxygen atoms in total. The summed E-state index contributed by atoms with van der Waals surface area (Å²) in [6, 6.07) is 5.82. The zero-order chi connectivity index (χ0) is 13.3. The lowest BCUT2D eigenvalue weighted by Gasteiger charge is -2.11. The van der Waals surface area contributed by atoms with Gasteiger partial charge in [0.05, 0.1) is 12.8 Å². The first-order valence-corrected chi connectivity index (χ1v) is 6.75. The molecule has 0 amide bonds. The lowest BCUT2D eigenvalue weighted by Crippen LogP contribution is -2.03. The number of aromatic nitrogens is 3. The van der Waals surface area contributed by atoms with Crippen LogP contribution in [0.2, 0.25) is 0 Å². The van der Waals surface area contributed by atoms with Crippen LogP contribution in [0.1, 0.15) is 25.6 Å². The molecule has 6 heteroatoms. The molecule has 1 N–H and O–H groups in total. The molecule has 0 aliphatic carbocycles. The molecule has 0 aliphatic rings. The summed E-state index contributed by atoms with van der Waals surface area (Å²) in [5.74, 6) is 1.96. The number of hydrogen-bond donors (Lipinski definition) is 1. The van der Waals surface area contributed by atoms with Crippen LogP contribution < -0.4 is 4.74 Å². The Morgan fingerprint density at radius 2 is 2.11 bits per heavy atom. The molecule has 2 aromatic rings. The van der Waals surface area contributed by atoms with Gasteiger partial charge >= 0.3 is 0 Å². The van der Waals surface area contributed by atoms with Crippen LogP contribution in [0.15, 0.2) is 22.7 Å². The zero-order valence-electron chi connectivity index (χ0n) is 10.4. The summed E-state index contributed by atoms with van der Waals surface area (Å²) in [6.45, 7) is 4.16. The van der Waals surface area contributed by atoms with E-state index in [1.807, 2.05) is 22.8 Å². The molecule has 1 heterocycles. The fourth-order valence-corrected chi connectivity index (χ4v) is 2.45. The number of rotatable bonds is 3. The Balaban J connectivity index is 2.65. The van der Waals surface area contributed by atoms with Gasteiger partial charge in [-0.05, 0) is 24.4 Å². The monoisotopic (exact) mass is 327 g/mol. The van der Waals surface area contributed by atoms with E-state index in [0.29, 0.717) is 4.77 Å². The second-order valence-corrected chi connectivity index (χ2v) is 5.53. The highest BCUT2D eigenvalue weighted by Crippen LogP contribution is 2.26. The van der Waals surface area contributed by atoms with Gasteiger partial charge in [0.1, 0.15) is 11.6 Å². The third-order valence-electron chi connectivity index (χ3n) is 2.56. The predicted octanol–water partition coefficient (Wildman–Crippen LogP) is 3.82. The largest absolute Gasteiger partial charge is 0.497 e. The molecule has 2 rings (SSSR count). The van der Waals surface area contributed by atoms with Crippen molar-refractivity contribution < 1.29 is 4.74 Å². The maximum absolute atomic E-state index is 5.29. The van der Waals surface area contributed by atoms with E-state index in [-0.39, 0.29) is 5.92 Å². The van der Waals surface area contributed by atoms with E-state index in [4.69, 9.17) is 17.0 Å². The highest BCUT2D eigenvalue weighted by molar-refractivity contribution is 9.10. The summed E-state index contributed by atoms with van der Waals surface area (Å²) in [7, 11) is 1.64.